The van der Waals surface area contributed by atoms with E-state index in [0.29, 0.717) is 17.8 Å². The van der Waals surface area contributed by atoms with Crippen LogP contribution in [0.2, 0.25) is 0 Å². The van der Waals surface area contributed by atoms with Crippen molar-refractivity contribution in [1.82, 2.24) is 14.0 Å². The lowest BCUT2D eigenvalue weighted by Crippen LogP contribution is -2.32. The number of primary amides is 1. The number of amides is 1. The highest BCUT2D eigenvalue weighted by molar-refractivity contribution is 5.95. The van der Waals surface area contributed by atoms with Crippen molar-refractivity contribution in [1.29, 1.82) is 5.41 Å². The van der Waals surface area contributed by atoms with Crippen LogP contribution in [-0.2, 0) is 6.54 Å². The van der Waals surface area contributed by atoms with Gasteiger partial charge in [0, 0.05) is 12.7 Å². The summed E-state index contributed by atoms with van der Waals surface area (Å²) in [5.41, 5.74) is 6.91. The summed E-state index contributed by atoms with van der Waals surface area (Å²) in [5, 5.41) is 8.47. The zero-order valence-electron chi connectivity index (χ0n) is 13.0. The van der Waals surface area contributed by atoms with E-state index in [9.17, 15) is 9.59 Å². The third kappa shape index (κ3) is 2.30. The highest BCUT2D eigenvalue weighted by Crippen LogP contribution is 2.11. The van der Waals surface area contributed by atoms with E-state index in [4.69, 9.17) is 11.1 Å². The van der Waals surface area contributed by atoms with Gasteiger partial charge in [-0.3, -0.25) is 19.4 Å². The van der Waals surface area contributed by atoms with Gasteiger partial charge in [-0.1, -0.05) is 13.0 Å². The van der Waals surface area contributed by atoms with Gasteiger partial charge in [-0.2, -0.15) is 0 Å². The molecule has 0 aliphatic rings. The van der Waals surface area contributed by atoms with E-state index < -0.39 is 5.91 Å². The zero-order chi connectivity index (χ0) is 16.7. The number of carbonyl (C=O) groups excluding carboxylic acids is 1. The number of fused-ring (bicyclic) bond motifs is 2. The maximum absolute atomic E-state index is 12.8. The van der Waals surface area contributed by atoms with Crippen molar-refractivity contribution in [3.05, 3.63) is 51.4 Å². The predicted molar refractivity (Wildman–Crippen MR) is 86.4 cm³/mol. The number of nitrogens with two attached hydrogens (primary N) is 1. The Kier molecular flexibility index (Phi) is 3.48. The van der Waals surface area contributed by atoms with E-state index in [0.717, 1.165) is 12.0 Å². The average molecular weight is 311 g/mol. The van der Waals surface area contributed by atoms with Gasteiger partial charge in [-0.25, -0.2) is 4.98 Å². The number of nitrogens with zero attached hydrogens (tertiary/aromatic N) is 3. The number of hydrogen-bond donors (Lipinski definition) is 2. The van der Waals surface area contributed by atoms with Gasteiger partial charge in [0.15, 0.2) is 0 Å². The molecule has 3 aromatic rings. The molecule has 23 heavy (non-hydrogen) atoms. The third-order valence-corrected chi connectivity index (χ3v) is 3.77. The fourth-order valence-electron chi connectivity index (χ4n) is 2.67. The molecule has 0 spiro atoms. The maximum atomic E-state index is 12.8. The highest BCUT2D eigenvalue weighted by Gasteiger charge is 2.15. The lowest BCUT2D eigenvalue weighted by molar-refractivity contribution is 0.0998. The molecular weight excluding hydrogens is 294 g/mol. The monoisotopic (exact) mass is 311 g/mol. The van der Waals surface area contributed by atoms with Crippen molar-refractivity contribution in [3.8, 4) is 0 Å². The molecule has 0 bridgehead atoms. The summed E-state index contributed by atoms with van der Waals surface area (Å²) in [6.45, 7) is 4.31. The van der Waals surface area contributed by atoms with Gasteiger partial charge in [0.05, 0.1) is 10.9 Å². The molecule has 3 N–H and O–H groups in total. The fraction of sp³-hybridized carbons (Fsp3) is 0.250. The summed E-state index contributed by atoms with van der Waals surface area (Å²) in [5.74, 6) is -0.726. The molecule has 0 radical (unpaired) electrons. The molecule has 0 atom stereocenters. The number of rotatable bonds is 3. The summed E-state index contributed by atoms with van der Waals surface area (Å²) < 4.78 is 3.01. The van der Waals surface area contributed by atoms with Crippen LogP contribution in [0.1, 0.15) is 29.3 Å². The number of aryl methyl sites for hydroxylation is 2. The van der Waals surface area contributed by atoms with Crippen LogP contribution in [0, 0.1) is 12.3 Å². The average Bonchev–Trinajstić information content (AvgIpc) is 2.51. The molecule has 0 aliphatic carbocycles. The SMILES string of the molecule is CCCn1c(=N)c(C(N)=O)cc2c(=O)n3cc(C)ccc3nc21. The topological polar surface area (TPSA) is 106 Å². The minimum atomic E-state index is -0.726. The number of aromatic nitrogens is 3. The van der Waals surface area contributed by atoms with Crippen molar-refractivity contribution < 1.29 is 4.79 Å². The minimum absolute atomic E-state index is 0.0183. The van der Waals surface area contributed by atoms with E-state index in [1.807, 2.05) is 19.9 Å². The largest absolute Gasteiger partial charge is 0.365 e. The first-order valence-electron chi connectivity index (χ1n) is 7.35. The van der Waals surface area contributed by atoms with E-state index in [1.165, 1.54) is 10.5 Å². The normalized spacial score (nSPS) is 11.2. The van der Waals surface area contributed by atoms with Crippen LogP contribution in [0.4, 0.5) is 0 Å². The molecule has 3 heterocycles. The Morgan fingerprint density at radius 2 is 2.13 bits per heavy atom. The Labute approximate surface area is 131 Å². The molecular formula is C16H17N5O2. The maximum Gasteiger partial charge on any atom is 0.267 e. The molecule has 7 heteroatoms. The summed E-state index contributed by atoms with van der Waals surface area (Å²) in [6.07, 6.45) is 2.44. The second kappa shape index (κ2) is 5.35. The number of nitrogens with one attached hydrogen (secondary N) is 1. The molecule has 0 unspecified atom stereocenters. The van der Waals surface area contributed by atoms with Crippen LogP contribution in [0.15, 0.2) is 29.2 Å². The molecule has 1 amide bonds. The molecule has 3 rings (SSSR count). The van der Waals surface area contributed by atoms with Gasteiger partial charge in [-0.15, -0.1) is 0 Å². The molecule has 3 aromatic heterocycles. The van der Waals surface area contributed by atoms with Crippen molar-refractivity contribution in [3.63, 3.8) is 0 Å². The lowest BCUT2D eigenvalue weighted by atomic mass is 10.2. The van der Waals surface area contributed by atoms with E-state index in [2.05, 4.69) is 4.98 Å². The van der Waals surface area contributed by atoms with Crippen LogP contribution in [0.3, 0.4) is 0 Å². The Hall–Kier alpha value is -2.96. The molecule has 118 valence electrons. The first kappa shape index (κ1) is 15.0. The third-order valence-electron chi connectivity index (χ3n) is 3.77. The Bertz CT molecular complexity index is 1060. The van der Waals surface area contributed by atoms with Gasteiger partial charge in [0.2, 0.25) is 0 Å². The summed E-state index contributed by atoms with van der Waals surface area (Å²) in [7, 11) is 0. The smallest absolute Gasteiger partial charge is 0.267 e. The number of pyridine rings is 2. The van der Waals surface area contributed by atoms with Crippen molar-refractivity contribution in [2.24, 2.45) is 5.73 Å². The first-order valence-corrected chi connectivity index (χ1v) is 7.35. The fourth-order valence-corrected chi connectivity index (χ4v) is 2.67. The first-order chi connectivity index (χ1) is 10.9. The Morgan fingerprint density at radius 1 is 1.39 bits per heavy atom. The summed E-state index contributed by atoms with van der Waals surface area (Å²) in [6, 6.07) is 5.01. The summed E-state index contributed by atoms with van der Waals surface area (Å²) in [4.78, 5) is 28.9. The van der Waals surface area contributed by atoms with Crippen LogP contribution >= 0.6 is 0 Å². The van der Waals surface area contributed by atoms with Crippen molar-refractivity contribution >= 4 is 22.6 Å². The zero-order valence-corrected chi connectivity index (χ0v) is 13.0. The molecule has 7 nitrogen and oxygen atoms in total. The molecule has 0 fully saturated rings. The highest BCUT2D eigenvalue weighted by atomic mass is 16.1. The van der Waals surface area contributed by atoms with Crippen molar-refractivity contribution in [2.45, 2.75) is 26.8 Å². The quantitative estimate of drug-likeness (QED) is 0.703. The van der Waals surface area contributed by atoms with Crippen molar-refractivity contribution in [2.75, 3.05) is 0 Å². The van der Waals surface area contributed by atoms with E-state index >= 15 is 0 Å². The standard InChI is InChI=1S/C16H17N5O2/c1-3-6-20-13(17)10(14(18)22)7-11-15(20)19-12-5-4-9(2)8-21(12)16(11)23/h4-5,7-8,17H,3,6H2,1-2H3,(H2,18,22). The molecule has 0 aliphatic heterocycles. The van der Waals surface area contributed by atoms with E-state index in [-0.39, 0.29) is 22.0 Å². The second-order valence-electron chi connectivity index (χ2n) is 5.51. The predicted octanol–water partition coefficient (Wildman–Crippen LogP) is 0.946. The second-order valence-corrected chi connectivity index (χ2v) is 5.51. The van der Waals surface area contributed by atoms with E-state index in [1.54, 1.807) is 16.8 Å². The van der Waals surface area contributed by atoms with Crippen LogP contribution in [0.5, 0.6) is 0 Å². The minimum Gasteiger partial charge on any atom is -0.365 e. The Balaban J connectivity index is 2.57. The summed E-state index contributed by atoms with van der Waals surface area (Å²) >= 11 is 0. The van der Waals surface area contributed by atoms with Gasteiger partial charge in [0.25, 0.3) is 11.5 Å². The van der Waals surface area contributed by atoms with Gasteiger partial charge in [0.1, 0.15) is 16.8 Å². The molecule has 0 aromatic carbocycles. The van der Waals surface area contributed by atoms with Crippen LogP contribution in [-0.4, -0.2) is 19.9 Å². The number of carbonyl (C=O) groups is 1. The van der Waals surface area contributed by atoms with Crippen LogP contribution < -0.4 is 16.8 Å². The van der Waals surface area contributed by atoms with Crippen LogP contribution in [0.25, 0.3) is 16.7 Å². The number of hydrogen-bond acceptors (Lipinski definition) is 4. The Morgan fingerprint density at radius 3 is 2.78 bits per heavy atom. The molecule has 0 saturated carbocycles. The van der Waals surface area contributed by atoms with Gasteiger partial charge >= 0.3 is 0 Å². The molecule has 0 saturated heterocycles. The van der Waals surface area contributed by atoms with Gasteiger partial charge < -0.3 is 10.3 Å². The lowest BCUT2D eigenvalue weighted by Gasteiger charge is -2.13. The van der Waals surface area contributed by atoms with Gasteiger partial charge in [-0.05, 0) is 31.0 Å².